The van der Waals surface area contributed by atoms with E-state index < -0.39 is 0 Å². The molecule has 2 N–H and O–H groups in total. The summed E-state index contributed by atoms with van der Waals surface area (Å²) in [4.78, 5) is 16.3. The SMILES string of the molecule is Cc1c(O)c(=O)ccn1-c1ccc(NCCN2CCN(C)CC2)cc1.Cl. The third kappa shape index (κ3) is 4.78. The molecule has 26 heavy (non-hydrogen) atoms. The van der Waals surface area contributed by atoms with Crippen molar-refractivity contribution in [2.24, 2.45) is 0 Å². The van der Waals surface area contributed by atoms with Crippen molar-refractivity contribution in [3.8, 4) is 11.4 Å². The zero-order valence-electron chi connectivity index (χ0n) is 15.3. The van der Waals surface area contributed by atoms with E-state index in [1.165, 1.54) is 6.07 Å². The average molecular weight is 379 g/mol. The first-order valence-corrected chi connectivity index (χ1v) is 8.71. The molecule has 1 saturated heterocycles. The fraction of sp³-hybridized carbons (Fsp3) is 0.421. The summed E-state index contributed by atoms with van der Waals surface area (Å²) in [7, 11) is 2.17. The van der Waals surface area contributed by atoms with Gasteiger partial charge in [0.05, 0.1) is 5.69 Å². The van der Waals surface area contributed by atoms with Crippen molar-refractivity contribution in [3.63, 3.8) is 0 Å². The van der Waals surface area contributed by atoms with Gasteiger partial charge in [-0.15, -0.1) is 12.4 Å². The molecule has 142 valence electrons. The number of piperazine rings is 1. The first-order valence-electron chi connectivity index (χ1n) is 8.71. The smallest absolute Gasteiger partial charge is 0.223 e. The van der Waals surface area contributed by atoms with Crippen LogP contribution in [-0.4, -0.2) is 65.8 Å². The molecule has 0 aliphatic carbocycles. The summed E-state index contributed by atoms with van der Waals surface area (Å²) in [5, 5.41) is 13.3. The maximum absolute atomic E-state index is 11.5. The van der Waals surface area contributed by atoms with Gasteiger partial charge in [0, 0.05) is 62.9 Å². The molecule has 0 spiro atoms. The number of nitrogens with one attached hydrogen (secondary N) is 1. The summed E-state index contributed by atoms with van der Waals surface area (Å²) in [6.45, 7) is 8.24. The minimum atomic E-state index is -0.351. The van der Waals surface area contributed by atoms with Gasteiger partial charge in [0.25, 0.3) is 0 Å². The summed E-state index contributed by atoms with van der Waals surface area (Å²) in [6, 6.07) is 9.39. The molecule has 0 unspecified atom stereocenters. The molecule has 1 aliphatic heterocycles. The number of aromatic hydroxyl groups is 1. The number of anilines is 1. The molecule has 0 saturated carbocycles. The number of pyridine rings is 1. The molecule has 3 rings (SSSR count). The van der Waals surface area contributed by atoms with Gasteiger partial charge in [-0.1, -0.05) is 0 Å². The third-order valence-corrected chi connectivity index (χ3v) is 4.81. The molecular formula is C19H27ClN4O2. The second-order valence-corrected chi connectivity index (χ2v) is 6.60. The molecular weight excluding hydrogens is 352 g/mol. The monoisotopic (exact) mass is 378 g/mol. The fourth-order valence-electron chi connectivity index (χ4n) is 3.07. The van der Waals surface area contributed by atoms with Gasteiger partial charge in [0.2, 0.25) is 5.43 Å². The van der Waals surface area contributed by atoms with E-state index in [9.17, 15) is 9.90 Å². The van der Waals surface area contributed by atoms with E-state index in [0.29, 0.717) is 5.69 Å². The van der Waals surface area contributed by atoms with Crippen molar-refractivity contribution in [2.75, 3.05) is 51.6 Å². The number of hydrogen-bond acceptors (Lipinski definition) is 5. The maximum Gasteiger partial charge on any atom is 0.223 e. The Bertz CT molecular complexity index is 768. The van der Waals surface area contributed by atoms with E-state index in [1.54, 1.807) is 13.1 Å². The highest BCUT2D eigenvalue weighted by Crippen LogP contribution is 2.18. The molecule has 1 fully saturated rings. The molecule has 2 heterocycles. The Labute approximate surface area is 160 Å². The van der Waals surface area contributed by atoms with Crippen LogP contribution >= 0.6 is 12.4 Å². The average Bonchev–Trinajstić information content (AvgIpc) is 2.62. The summed E-state index contributed by atoms with van der Waals surface area (Å²) in [5.41, 5.74) is 2.18. The minimum absolute atomic E-state index is 0. The van der Waals surface area contributed by atoms with E-state index in [0.717, 1.165) is 50.6 Å². The Morgan fingerprint density at radius 2 is 1.73 bits per heavy atom. The van der Waals surface area contributed by atoms with Gasteiger partial charge < -0.3 is 19.9 Å². The normalized spacial score (nSPS) is 15.5. The lowest BCUT2D eigenvalue weighted by Crippen LogP contribution is -2.45. The molecule has 0 atom stereocenters. The van der Waals surface area contributed by atoms with Crippen LogP contribution in [0.15, 0.2) is 41.3 Å². The molecule has 1 aromatic carbocycles. The lowest BCUT2D eigenvalue weighted by molar-refractivity contribution is 0.158. The first kappa shape index (κ1) is 20.3. The standard InChI is InChI=1S/C19H26N4O2.ClH/c1-15-19(25)18(24)7-9-23(15)17-5-3-16(4-6-17)20-8-10-22-13-11-21(2)12-14-22;/h3-7,9,20,25H,8,10-14H2,1-2H3;1H. The Morgan fingerprint density at radius 1 is 1.08 bits per heavy atom. The molecule has 0 bridgehead atoms. The van der Waals surface area contributed by atoms with Crippen molar-refractivity contribution < 1.29 is 5.11 Å². The molecule has 7 heteroatoms. The van der Waals surface area contributed by atoms with Crippen molar-refractivity contribution >= 4 is 18.1 Å². The summed E-state index contributed by atoms with van der Waals surface area (Å²) in [6.07, 6.45) is 1.69. The topological polar surface area (TPSA) is 60.7 Å². The van der Waals surface area contributed by atoms with Crippen molar-refractivity contribution in [1.82, 2.24) is 14.4 Å². The predicted octanol–water partition coefficient (Wildman–Crippen LogP) is 1.93. The van der Waals surface area contributed by atoms with Crippen LogP contribution in [0.2, 0.25) is 0 Å². The molecule has 6 nitrogen and oxygen atoms in total. The van der Waals surface area contributed by atoms with Crippen LogP contribution in [0.1, 0.15) is 5.69 Å². The number of rotatable bonds is 5. The van der Waals surface area contributed by atoms with Crippen molar-refractivity contribution in [2.45, 2.75) is 6.92 Å². The second kappa shape index (κ2) is 9.07. The van der Waals surface area contributed by atoms with Crippen LogP contribution in [0, 0.1) is 6.92 Å². The van der Waals surface area contributed by atoms with E-state index >= 15 is 0 Å². The van der Waals surface area contributed by atoms with Gasteiger partial charge in [0.15, 0.2) is 5.75 Å². The zero-order chi connectivity index (χ0) is 17.8. The van der Waals surface area contributed by atoms with Crippen molar-refractivity contribution in [3.05, 3.63) is 52.4 Å². The van der Waals surface area contributed by atoms with E-state index in [1.807, 2.05) is 28.8 Å². The largest absolute Gasteiger partial charge is 0.503 e. The van der Waals surface area contributed by atoms with E-state index in [-0.39, 0.29) is 23.6 Å². The van der Waals surface area contributed by atoms with Crippen molar-refractivity contribution in [1.29, 1.82) is 0 Å². The maximum atomic E-state index is 11.5. The number of halogens is 1. The lowest BCUT2D eigenvalue weighted by Gasteiger charge is -2.32. The van der Waals surface area contributed by atoms with E-state index in [4.69, 9.17) is 0 Å². The van der Waals surface area contributed by atoms with Gasteiger partial charge >= 0.3 is 0 Å². The highest BCUT2D eigenvalue weighted by atomic mass is 35.5. The zero-order valence-corrected chi connectivity index (χ0v) is 16.1. The predicted molar refractivity (Wildman–Crippen MR) is 108 cm³/mol. The molecule has 1 aliphatic rings. The number of hydrogen-bond donors (Lipinski definition) is 2. The Kier molecular flexibility index (Phi) is 7.08. The number of benzene rings is 1. The van der Waals surface area contributed by atoms with Gasteiger partial charge in [-0.25, -0.2) is 0 Å². The molecule has 1 aromatic heterocycles. The van der Waals surface area contributed by atoms with Gasteiger partial charge in [-0.3, -0.25) is 9.69 Å². The third-order valence-electron chi connectivity index (χ3n) is 4.81. The van der Waals surface area contributed by atoms with Crippen LogP contribution in [-0.2, 0) is 0 Å². The quantitative estimate of drug-likeness (QED) is 0.832. The van der Waals surface area contributed by atoms with Crippen LogP contribution in [0.5, 0.6) is 5.75 Å². The number of nitrogens with zero attached hydrogens (tertiary/aromatic N) is 3. The number of likely N-dealkylation sites (N-methyl/N-ethyl adjacent to an activating group) is 1. The summed E-state index contributed by atoms with van der Waals surface area (Å²) < 4.78 is 1.81. The van der Waals surface area contributed by atoms with Crippen LogP contribution < -0.4 is 10.7 Å². The van der Waals surface area contributed by atoms with Gasteiger partial charge in [0.1, 0.15) is 0 Å². The molecule has 2 aromatic rings. The summed E-state index contributed by atoms with van der Waals surface area (Å²) >= 11 is 0. The van der Waals surface area contributed by atoms with Crippen LogP contribution in [0.4, 0.5) is 5.69 Å². The molecule has 0 radical (unpaired) electrons. The van der Waals surface area contributed by atoms with Crippen LogP contribution in [0.3, 0.4) is 0 Å². The highest BCUT2D eigenvalue weighted by Gasteiger charge is 2.12. The van der Waals surface area contributed by atoms with Gasteiger partial charge in [-0.2, -0.15) is 0 Å². The molecule has 0 amide bonds. The number of aromatic nitrogens is 1. The van der Waals surface area contributed by atoms with Gasteiger partial charge in [-0.05, 0) is 38.2 Å². The Balaban J connectivity index is 0.00000243. The van der Waals surface area contributed by atoms with E-state index in [2.05, 4.69) is 22.2 Å². The highest BCUT2D eigenvalue weighted by molar-refractivity contribution is 5.85. The van der Waals surface area contributed by atoms with Crippen LogP contribution in [0.25, 0.3) is 5.69 Å². The second-order valence-electron chi connectivity index (χ2n) is 6.60. The first-order chi connectivity index (χ1) is 12.0. The lowest BCUT2D eigenvalue weighted by atomic mass is 10.2. The summed E-state index contributed by atoms with van der Waals surface area (Å²) in [5.74, 6) is -0.197. The Morgan fingerprint density at radius 3 is 2.38 bits per heavy atom. The fourth-order valence-corrected chi connectivity index (χ4v) is 3.07. The Hall–Kier alpha value is -2.02. The minimum Gasteiger partial charge on any atom is -0.503 e.